The van der Waals surface area contributed by atoms with Crippen molar-refractivity contribution >= 4 is 11.0 Å². The summed E-state index contributed by atoms with van der Waals surface area (Å²) in [4.78, 5) is 8.79. The number of aromatic nitrogens is 4. The smallest absolute Gasteiger partial charge is 0.264 e. The van der Waals surface area contributed by atoms with Crippen LogP contribution in [0.5, 0.6) is 5.75 Å². The number of hydrogen-bond donors (Lipinski definition) is 0. The fourth-order valence-corrected chi connectivity index (χ4v) is 2.73. The second-order valence-corrected chi connectivity index (χ2v) is 5.90. The van der Waals surface area contributed by atoms with Crippen LogP contribution < -0.4 is 4.74 Å². The Bertz CT molecular complexity index is 1020. The van der Waals surface area contributed by atoms with Crippen molar-refractivity contribution in [2.24, 2.45) is 0 Å². The highest BCUT2D eigenvalue weighted by Crippen LogP contribution is 2.22. The van der Waals surface area contributed by atoms with Gasteiger partial charge in [-0.05, 0) is 48.9 Å². The number of benzene rings is 2. The average molecular weight is 352 g/mol. The van der Waals surface area contributed by atoms with Crippen LogP contribution in [-0.4, -0.2) is 19.7 Å². The third-order valence-corrected chi connectivity index (χ3v) is 3.99. The van der Waals surface area contributed by atoms with Gasteiger partial charge in [0.05, 0.1) is 17.4 Å². The van der Waals surface area contributed by atoms with Crippen LogP contribution in [0.1, 0.15) is 19.2 Å². The molecule has 0 saturated carbocycles. The summed E-state index contributed by atoms with van der Waals surface area (Å²) in [6, 6.07) is 11.7. The molecule has 0 aliphatic carbocycles. The average Bonchev–Trinajstić information content (AvgIpc) is 3.29. The zero-order valence-electron chi connectivity index (χ0n) is 14.2. The van der Waals surface area contributed by atoms with Gasteiger partial charge < -0.3 is 13.8 Å². The minimum atomic E-state index is -0.311. The highest BCUT2D eigenvalue weighted by atomic mass is 19.1. The molecule has 2 aromatic carbocycles. The van der Waals surface area contributed by atoms with Gasteiger partial charge in [0.25, 0.3) is 5.89 Å². The van der Waals surface area contributed by atoms with Crippen LogP contribution in [0.2, 0.25) is 0 Å². The van der Waals surface area contributed by atoms with E-state index in [1.54, 1.807) is 12.1 Å². The molecule has 0 bridgehead atoms. The number of imidazole rings is 1. The molecule has 0 N–H and O–H groups in total. The maximum Gasteiger partial charge on any atom is 0.264 e. The first-order valence-electron chi connectivity index (χ1n) is 8.39. The van der Waals surface area contributed by atoms with Crippen LogP contribution in [0, 0.1) is 5.82 Å². The van der Waals surface area contributed by atoms with Gasteiger partial charge in [0.1, 0.15) is 11.6 Å². The SMILES string of the molecule is CCCn1cnc2cc(-c3noc(COc4ccc(F)cc4)n3)ccc21. The predicted octanol–water partition coefficient (Wildman–Crippen LogP) is 4.21. The lowest BCUT2D eigenvalue weighted by Gasteiger charge is -2.02. The van der Waals surface area contributed by atoms with Gasteiger partial charge in [0.2, 0.25) is 5.82 Å². The second kappa shape index (κ2) is 6.95. The zero-order valence-corrected chi connectivity index (χ0v) is 14.2. The molecule has 6 nitrogen and oxygen atoms in total. The molecule has 0 aliphatic rings. The normalized spacial score (nSPS) is 11.2. The Morgan fingerprint density at radius 2 is 2.00 bits per heavy atom. The van der Waals surface area contributed by atoms with E-state index in [2.05, 4.69) is 26.6 Å². The van der Waals surface area contributed by atoms with Crippen molar-refractivity contribution in [1.29, 1.82) is 0 Å². The van der Waals surface area contributed by atoms with Crippen LogP contribution in [0.25, 0.3) is 22.4 Å². The summed E-state index contributed by atoms with van der Waals surface area (Å²) >= 11 is 0. The number of fused-ring (bicyclic) bond motifs is 1. The molecule has 0 spiro atoms. The van der Waals surface area contributed by atoms with Crippen molar-refractivity contribution in [3.63, 3.8) is 0 Å². The monoisotopic (exact) mass is 352 g/mol. The maximum atomic E-state index is 12.9. The molecule has 0 saturated heterocycles. The van der Waals surface area contributed by atoms with E-state index in [4.69, 9.17) is 9.26 Å². The molecule has 0 unspecified atom stereocenters. The molecule has 26 heavy (non-hydrogen) atoms. The molecular weight excluding hydrogens is 335 g/mol. The number of hydrogen-bond acceptors (Lipinski definition) is 5. The minimum Gasteiger partial charge on any atom is -0.484 e. The lowest BCUT2D eigenvalue weighted by molar-refractivity contribution is 0.242. The van der Waals surface area contributed by atoms with Gasteiger partial charge in [-0.15, -0.1) is 0 Å². The van der Waals surface area contributed by atoms with Gasteiger partial charge in [-0.25, -0.2) is 9.37 Å². The molecule has 0 amide bonds. The third-order valence-electron chi connectivity index (χ3n) is 3.99. The molecular formula is C19H17FN4O2. The standard InChI is InChI=1S/C19H17FN4O2/c1-2-9-24-12-21-16-10-13(3-8-17(16)24)19-22-18(26-23-19)11-25-15-6-4-14(20)5-7-15/h3-8,10,12H,2,9,11H2,1H3. The topological polar surface area (TPSA) is 66.0 Å². The van der Waals surface area contributed by atoms with Crippen molar-refractivity contribution in [3.05, 3.63) is 60.5 Å². The Morgan fingerprint density at radius 1 is 1.15 bits per heavy atom. The third kappa shape index (κ3) is 3.28. The van der Waals surface area contributed by atoms with Crippen LogP contribution in [0.3, 0.4) is 0 Å². The number of aryl methyl sites for hydroxylation is 1. The van der Waals surface area contributed by atoms with E-state index in [0.717, 1.165) is 29.6 Å². The number of halogens is 1. The highest BCUT2D eigenvalue weighted by Gasteiger charge is 2.11. The molecule has 4 aromatic rings. The number of nitrogens with zero attached hydrogens (tertiary/aromatic N) is 4. The molecule has 7 heteroatoms. The van der Waals surface area contributed by atoms with Gasteiger partial charge in [0.15, 0.2) is 6.61 Å². The van der Waals surface area contributed by atoms with Crippen molar-refractivity contribution < 1.29 is 13.7 Å². The predicted molar refractivity (Wildman–Crippen MR) is 94.0 cm³/mol. The van der Waals surface area contributed by atoms with Gasteiger partial charge in [-0.1, -0.05) is 12.1 Å². The van der Waals surface area contributed by atoms with E-state index in [0.29, 0.717) is 17.5 Å². The summed E-state index contributed by atoms with van der Waals surface area (Å²) in [6.07, 6.45) is 2.89. The molecule has 0 fully saturated rings. The molecule has 2 heterocycles. The number of ether oxygens (including phenoxy) is 1. The lowest BCUT2D eigenvalue weighted by atomic mass is 10.2. The van der Waals surface area contributed by atoms with E-state index < -0.39 is 0 Å². The molecule has 0 atom stereocenters. The Hall–Kier alpha value is -3.22. The summed E-state index contributed by atoms with van der Waals surface area (Å²) in [5, 5.41) is 4.00. The summed E-state index contributed by atoms with van der Waals surface area (Å²) in [7, 11) is 0. The van der Waals surface area contributed by atoms with E-state index >= 15 is 0 Å². The van der Waals surface area contributed by atoms with Gasteiger partial charge in [-0.3, -0.25) is 0 Å². The zero-order chi connectivity index (χ0) is 17.9. The van der Waals surface area contributed by atoms with Crippen molar-refractivity contribution in [3.8, 4) is 17.1 Å². The van der Waals surface area contributed by atoms with E-state index in [1.807, 2.05) is 24.5 Å². The molecule has 2 aromatic heterocycles. The highest BCUT2D eigenvalue weighted by molar-refractivity contribution is 5.80. The van der Waals surface area contributed by atoms with Crippen molar-refractivity contribution in [2.45, 2.75) is 26.5 Å². The van der Waals surface area contributed by atoms with Gasteiger partial charge >= 0.3 is 0 Å². The Balaban J connectivity index is 1.50. The number of rotatable bonds is 6. The first-order valence-corrected chi connectivity index (χ1v) is 8.39. The van der Waals surface area contributed by atoms with Crippen molar-refractivity contribution in [2.75, 3.05) is 0 Å². The maximum absolute atomic E-state index is 12.9. The summed E-state index contributed by atoms with van der Waals surface area (Å²) < 4.78 is 25.8. The van der Waals surface area contributed by atoms with Crippen LogP contribution in [-0.2, 0) is 13.2 Å². The van der Waals surface area contributed by atoms with Gasteiger partial charge in [-0.2, -0.15) is 4.98 Å². The Kier molecular flexibility index (Phi) is 4.35. The molecule has 132 valence electrons. The fourth-order valence-electron chi connectivity index (χ4n) is 2.73. The minimum absolute atomic E-state index is 0.117. The summed E-state index contributed by atoms with van der Waals surface area (Å²) in [5.74, 6) is 1.05. The molecule has 4 rings (SSSR count). The largest absolute Gasteiger partial charge is 0.484 e. The van der Waals surface area contributed by atoms with Gasteiger partial charge in [0, 0.05) is 12.1 Å². The van der Waals surface area contributed by atoms with Crippen LogP contribution >= 0.6 is 0 Å². The fraction of sp³-hybridized carbons (Fsp3) is 0.211. The quantitative estimate of drug-likeness (QED) is 0.520. The Morgan fingerprint density at radius 3 is 2.81 bits per heavy atom. The van der Waals surface area contributed by atoms with Crippen molar-refractivity contribution in [1.82, 2.24) is 19.7 Å². The first kappa shape index (κ1) is 16.3. The van der Waals surface area contributed by atoms with Crippen LogP contribution in [0.15, 0.2) is 53.3 Å². The van der Waals surface area contributed by atoms with Crippen LogP contribution in [0.4, 0.5) is 4.39 Å². The van der Waals surface area contributed by atoms with E-state index in [9.17, 15) is 4.39 Å². The molecule has 0 aliphatic heterocycles. The first-order chi connectivity index (χ1) is 12.7. The Labute approximate surface area is 149 Å². The van der Waals surface area contributed by atoms with E-state index in [-0.39, 0.29) is 12.4 Å². The molecule has 0 radical (unpaired) electrons. The van der Waals surface area contributed by atoms with E-state index in [1.165, 1.54) is 12.1 Å². The summed E-state index contributed by atoms with van der Waals surface area (Å²) in [6.45, 7) is 3.18. The second-order valence-electron chi connectivity index (χ2n) is 5.90. The lowest BCUT2D eigenvalue weighted by Crippen LogP contribution is -1.95. The summed E-state index contributed by atoms with van der Waals surface area (Å²) in [5.41, 5.74) is 2.81.